The van der Waals surface area contributed by atoms with Crippen molar-refractivity contribution in [3.8, 4) is 0 Å². The molecule has 0 radical (unpaired) electrons. The minimum Gasteiger partial charge on any atom is -0.379 e. The summed E-state index contributed by atoms with van der Waals surface area (Å²) in [6.45, 7) is 2.76. The fourth-order valence-corrected chi connectivity index (χ4v) is 1.73. The van der Waals surface area contributed by atoms with Crippen LogP contribution >= 0.6 is 11.6 Å². The molecule has 0 atom stereocenters. The monoisotopic (exact) mass is 235 g/mol. The Balaban J connectivity index is 2.11. The maximum Gasteiger partial charge on any atom is 0.0571 e. The second-order valence-electron chi connectivity index (χ2n) is 3.71. The average molecular weight is 236 g/mol. The largest absolute Gasteiger partial charge is 0.379 e. The lowest BCUT2D eigenvalue weighted by Crippen LogP contribution is -2.06. The van der Waals surface area contributed by atoms with Crippen molar-refractivity contribution in [2.24, 2.45) is 7.05 Å². The van der Waals surface area contributed by atoms with E-state index < -0.39 is 0 Å². The predicted octanol–water partition coefficient (Wildman–Crippen LogP) is 2.99. The van der Waals surface area contributed by atoms with E-state index >= 15 is 0 Å². The van der Waals surface area contributed by atoms with Gasteiger partial charge < -0.3 is 5.32 Å². The summed E-state index contributed by atoms with van der Waals surface area (Å²) in [6.07, 6.45) is 1.79. The van der Waals surface area contributed by atoms with Crippen molar-refractivity contribution in [1.82, 2.24) is 9.78 Å². The van der Waals surface area contributed by atoms with Gasteiger partial charge in [-0.15, -0.1) is 0 Å². The van der Waals surface area contributed by atoms with Gasteiger partial charge >= 0.3 is 0 Å². The van der Waals surface area contributed by atoms with Gasteiger partial charge in [0, 0.05) is 24.0 Å². The summed E-state index contributed by atoms with van der Waals surface area (Å²) in [7, 11) is 1.93. The third kappa shape index (κ3) is 2.19. The zero-order chi connectivity index (χ0) is 11.5. The van der Waals surface area contributed by atoms with E-state index in [0.717, 1.165) is 28.5 Å². The van der Waals surface area contributed by atoms with E-state index in [4.69, 9.17) is 11.6 Å². The molecule has 0 saturated carbocycles. The van der Waals surface area contributed by atoms with Gasteiger partial charge in [0.2, 0.25) is 0 Å². The van der Waals surface area contributed by atoms with Gasteiger partial charge in [-0.05, 0) is 30.7 Å². The molecule has 0 aliphatic carbocycles. The van der Waals surface area contributed by atoms with Crippen LogP contribution in [-0.2, 0) is 13.6 Å². The quantitative estimate of drug-likeness (QED) is 0.887. The summed E-state index contributed by atoms with van der Waals surface area (Å²) in [4.78, 5) is 0. The van der Waals surface area contributed by atoms with E-state index in [1.807, 2.05) is 42.9 Å². The normalized spacial score (nSPS) is 10.4. The fourth-order valence-electron chi connectivity index (χ4n) is 1.56. The lowest BCUT2D eigenvalue weighted by Gasteiger charge is -2.10. The Bertz CT molecular complexity index is 491. The number of benzene rings is 1. The Labute approximate surface area is 100 Å². The molecule has 1 N–H and O–H groups in total. The van der Waals surface area contributed by atoms with Crippen LogP contribution in [0.3, 0.4) is 0 Å². The number of hydrogen-bond acceptors (Lipinski definition) is 2. The molecule has 0 saturated heterocycles. The maximum atomic E-state index is 6.05. The van der Waals surface area contributed by atoms with Crippen molar-refractivity contribution in [2.75, 3.05) is 5.32 Å². The Morgan fingerprint density at radius 2 is 2.19 bits per heavy atom. The first-order valence-corrected chi connectivity index (χ1v) is 5.52. The molecule has 0 spiro atoms. The van der Waals surface area contributed by atoms with Crippen molar-refractivity contribution >= 4 is 17.3 Å². The van der Waals surface area contributed by atoms with E-state index in [1.54, 1.807) is 6.20 Å². The van der Waals surface area contributed by atoms with Gasteiger partial charge in [-0.2, -0.15) is 5.10 Å². The van der Waals surface area contributed by atoms with Crippen molar-refractivity contribution < 1.29 is 0 Å². The molecular formula is C12H14ClN3. The Kier molecular flexibility index (Phi) is 3.15. The molecule has 16 heavy (non-hydrogen) atoms. The second kappa shape index (κ2) is 4.58. The summed E-state index contributed by atoms with van der Waals surface area (Å²) < 4.78 is 1.85. The lowest BCUT2D eigenvalue weighted by molar-refractivity contribution is 0.720. The first kappa shape index (κ1) is 11.0. The molecule has 0 fully saturated rings. The fraction of sp³-hybridized carbons (Fsp3) is 0.250. The van der Waals surface area contributed by atoms with E-state index in [0.29, 0.717) is 0 Å². The van der Waals surface area contributed by atoms with Gasteiger partial charge in [-0.3, -0.25) is 4.68 Å². The summed E-state index contributed by atoms with van der Waals surface area (Å²) in [5, 5.41) is 8.26. The van der Waals surface area contributed by atoms with Crippen molar-refractivity contribution in [3.63, 3.8) is 0 Å². The van der Waals surface area contributed by atoms with Crippen molar-refractivity contribution in [2.45, 2.75) is 13.5 Å². The number of nitrogens with one attached hydrogen (secondary N) is 1. The lowest BCUT2D eigenvalue weighted by atomic mass is 10.2. The molecule has 1 aromatic carbocycles. The molecule has 84 valence electrons. The van der Waals surface area contributed by atoms with Gasteiger partial charge in [0.15, 0.2) is 0 Å². The molecule has 4 heteroatoms. The van der Waals surface area contributed by atoms with Crippen LogP contribution < -0.4 is 5.32 Å². The standard InChI is InChI=1S/C12H14ClN3/c1-9-11(13)4-3-5-12(9)14-8-10-6-7-15-16(10)2/h3-7,14H,8H2,1-2H3. The van der Waals surface area contributed by atoms with Gasteiger partial charge in [0.1, 0.15) is 0 Å². The van der Waals surface area contributed by atoms with Crippen molar-refractivity contribution in [3.05, 3.63) is 46.7 Å². The third-order valence-corrected chi connectivity index (χ3v) is 3.06. The highest BCUT2D eigenvalue weighted by Gasteiger charge is 2.02. The zero-order valence-electron chi connectivity index (χ0n) is 9.37. The maximum absolute atomic E-state index is 6.05. The number of nitrogens with zero attached hydrogens (tertiary/aromatic N) is 2. The van der Waals surface area contributed by atoms with Crippen LogP contribution in [0.4, 0.5) is 5.69 Å². The molecule has 0 unspecified atom stereocenters. The highest BCUT2D eigenvalue weighted by Crippen LogP contribution is 2.23. The van der Waals surface area contributed by atoms with Crippen molar-refractivity contribution in [1.29, 1.82) is 0 Å². The average Bonchev–Trinajstić information content (AvgIpc) is 2.67. The molecular weight excluding hydrogens is 222 g/mol. The number of halogens is 1. The molecule has 0 aliphatic heterocycles. The first-order chi connectivity index (χ1) is 7.68. The molecule has 1 heterocycles. The molecule has 0 bridgehead atoms. The number of aryl methyl sites for hydroxylation is 1. The van der Waals surface area contributed by atoms with Crippen LogP contribution in [0.1, 0.15) is 11.3 Å². The SMILES string of the molecule is Cc1c(Cl)cccc1NCc1ccnn1C. The first-order valence-electron chi connectivity index (χ1n) is 5.14. The van der Waals surface area contributed by atoms with Crippen LogP contribution in [0.5, 0.6) is 0 Å². The van der Waals surface area contributed by atoms with E-state index in [-0.39, 0.29) is 0 Å². The summed E-state index contributed by atoms with van der Waals surface area (Å²) >= 11 is 6.05. The van der Waals surface area contributed by atoms with Crippen LogP contribution in [0.15, 0.2) is 30.5 Å². The Hall–Kier alpha value is -1.48. The molecule has 0 amide bonds. The predicted molar refractivity (Wildman–Crippen MR) is 66.7 cm³/mol. The minimum atomic E-state index is 0.748. The van der Waals surface area contributed by atoms with Gasteiger partial charge in [0.05, 0.1) is 12.2 Å². The van der Waals surface area contributed by atoms with Crippen LogP contribution in [0, 0.1) is 6.92 Å². The van der Waals surface area contributed by atoms with Crippen LogP contribution in [0.2, 0.25) is 5.02 Å². The zero-order valence-corrected chi connectivity index (χ0v) is 10.1. The molecule has 2 aromatic rings. The number of aromatic nitrogens is 2. The molecule has 0 aliphatic rings. The molecule has 3 nitrogen and oxygen atoms in total. The Morgan fingerprint density at radius 1 is 1.38 bits per heavy atom. The summed E-state index contributed by atoms with van der Waals surface area (Å²) in [5.74, 6) is 0. The highest BCUT2D eigenvalue weighted by atomic mass is 35.5. The number of hydrogen-bond donors (Lipinski definition) is 1. The van der Waals surface area contributed by atoms with Crippen LogP contribution in [0.25, 0.3) is 0 Å². The number of anilines is 1. The van der Waals surface area contributed by atoms with Gasteiger partial charge in [-0.25, -0.2) is 0 Å². The van der Waals surface area contributed by atoms with Crippen LogP contribution in [-0.4, -0.2) is 9.78 Å². The number of rotatable bonds is 3. The van der Waals surface area contributed by atoms with E-state index in [1.165, 1.54) is 0 Å². The van der Waals surface area contributed by atoms with Gasteiger partial charge in [-0.1, -0.05) is 17.7 Å². The molecule has 1 aromatic heterocycles. The van der Waals surface area contributed by atoms with E-state index in [2.05, 4.69) is 10.4 Å². The second-order valence-corrected chi connectivity index (χ2v) is 4.12. The highest BCUT2D eigenvalue weighted by molar-refractivity contribution is 6.31. The topological polar surface area (TPSA) is 29.9 Å². The third-order valence-electron chi connectivity index (χ3n) is 2.65. The van der Waals surface area contributed by atoms with E-state index in [9.17, 15) is 0 Å². The van der Waals surface area contributed by atoms with Gasteiger partial charge in [0.25, 0.3) is 0 Å². The smallest absolute Gasteiger partial charge is 0.0571 e. The summed E-state index contributed by atoms with van der Waals surface area (Å²) in [6, 6.07) is 7.86. The minimum absolute atomic E-state index is 0.748. The molecule has 2 rings (SSSR count). The summed E-state index contributed by atoms with van der Waals surface area (Å²) in [5.41, 5.74) is 3.28. The Morgan fingerprint density at radius 3 is 2.88 bits per heavy atom.